The summed E-state index contributed by atoms with van der Waals surface area (Å²) in [7, 11) is 0. The molecule has 0 amide bonds. The highest BCUT2D eigenvalue weighted by molar-refractivity contribution is 9.10. The van der Waals surface area contributed by atoms with Gasteiger partial charge in [0, 0.05) is 11.9 Å². The first-order chi connectivity index (χ1) is 9.63. The molecule has 2 aromatic rings. The smallest absolute Gasteiger partial charge is 0.343 e. The summed E-state index contributed by atoms with van der Waals surface area (Å²) in [5.74, 6) is 0.183. The standard InChI is InChI=1S/C14H13BrN2O3/c1-2-19-14(18)9-5-4-8-17-13(9)20-11-7-3-6-10(16)12(11)15/h3-8H,2,16H2,1H3. The lowest BCUT2D eigenvalue weighted by Gasteiger charge is -2.11. The Bertz CT molecular complexity index is 632. The van der Waals surface area contributed by atoms with Gasteiger partial charge in [-0.15, -0.1) is 0 Å². The second kappa shape index (κ2) is 6.38. The molecule has 0 aliphatic rings. The lowest BCUT2D eigenvalue weighted by Crippen LogP contribution is -2.07. The Labute approximate surface area is 124 Å². The molecule has 1 heterocycles. The van der Waals surface area contributed by atoms with Crippen LogP contribution in [0.15, 0.2) is 41.0 Å². The van der Waals surface area contributed by atoms with E-state index < -0.39 is 5.97 Å². The van der Waals surface area contributed by atoms with Crippen molar-refractivity contribution in [3.05, 3.63) is 46.6 Å². The third kappa shape index (κ3) is 3.08. The summed E-state index contributed by atoms with van der Waals surface area (Å²) in [6.45, 7) is 2.03. The number of halogens is 1. The van der Waals surface area contributed by atoms with Crippen LogP contribution >= 0.6 is 15.9 Å². The summed E-state index contributed by atoms with van der Waals surface area (Å²) in [6, 6.07) is 8.46. The molecule has 1 aromatic heterocycles. The summed E-state index contributed by atoms with van der Waals surface area (Å²) >= 11 is 3.34. The first-order valence-electron chi connectivity index (χ1n) is 5.97. The largest absolute Gasteiger partial charge is 0.462 e. The zero-order chi connectivity index (χ0) is 14.5. The molecule has 0 atom stereocenters. The van der Waals surface area contributed by atoms with Gasteiger partial charge >= 0.3 is 5.97 Å². The Morgan fingerprint density at radius 3 is 2.90 bits per heavy atom. The van der Waals surface area contributed by atoms with E-state index in [9.17, 15) is 4.79 Å². The van der Waals surface area contributed by atoms with Crippen LogP contribution in [0.1, 0.15) is 17.3 Å². The van der Waals surface area contributed by atoms with Crippen LogP contribution < -0.4 is 10.5 Å². The number of aromatic nitrogens is 1. The molecule has 0 unspecified atom stereocenters. The van der Waals surface area contributed by atoms with Crippen molar-refractivity contribution in [2.45, 2.75) is 6.92 Å². The minimum absolute atomic E-state index is 0.178. The van der Waals surface area contributed by atoms with Crippen LogP contribution in [-0.4, -0.2) is 17.6 Å². The highest BCUT2D eigenvalue weighted by Gasteiger charge is 2.16. The van der Waals surface area contributed by atoms with Gasteiger partial charge < -0.3 is 15.2 Å². The number of benzene rings is 1. The minimum atomic E-state index is -0.476. The van der Waals surface area contributed by atoms with E-state index in [0.717, 1.165) is 0 Å². The minimum Gasteiger partial charge on any atom is -0.462 e. The Morgan fingerprint density at radius 1 is 1.35 bits per heavy atom. The first-order valence-corrected chi connectivity index (χ1v) is 6.76. The fourth-order valence-electron chi connectivity index (χ4n) is 1.55. The first kappa shape index (κ1) is 14.3. The molecule has 1 aromatic carbocycles. The SMILES string of the molecule is CCOC(=O)c1cccnc1Oc1cccc(N)c1Br. The van der Waals surface area contributed by atoms with Crippen molar-refractivity contribution in [1.82, 2.24) is 4.98 Å². The number of hydrogen-bond donors (Lipinski definition) is 1. The van der Waals surface area contributed by atoms with E-state index in [-0.39, 0.29) is 18.1 Å². The predicted molar refractivity (Wildman–Crippen MR) is 78.8 cm³/mol. The van der Waals surface area contributed by atoms with Gasteiger partial charge in [-0.25, -0.2) is 9.78 Å². The molecule has 0 aliphatic heterocycles. The van der Waals surface area contributed by atoms with Crippen LogP contribution in [0.25, 0.3) is 0 Å². The van der Waals surface area contributed by atoms with E-state index in [1.54, 1.807) is 37.3 Å². The van der Waals surface area contributed by atoms with Crippen molar-refractivity contribution >= 4 is 27.6 Å². The van der Waals surface area contributed by atoms with E-state index in [0.29, 0.717) is 15.9 Å². The maximum atomic E-state index is 11.8. The van der Waals surface area contributed by atoms with E-state index in [1.165, 1.54) is 6.20 Å². The molecule has 20 heavy (non-hydrogen) atoms. The number of carbonyl (C=O) groups is 1. The number of nitrogens with two attached hydrogens (primary N) is 1. The Morgan fingerprint density at radius 2 is 2.15 bits per heavy atom. The number of nitrogen functional groups attached to an aromatic ring is 1. The maximum absolute atomic E-state index is 11.8. The number of carbonyl (C=O) groups excluding carboxylic acids is 1. The fraction of sp³-hybridized carbons (Fsp3) is 0.143. The summed E-state index contributed by atoms with van der Waals surface area (Å²) in [5.41, 5.74) is 6.59. The summed E-state index contributed by atoms with van der Waals surface area (Å²) in [4.78, 5) is 15.9. The molecule has 0 aliphatic carbocycles. The summed E-state index contributed by atoms with van der Waals surface area (Å²) in [6.07, 6.45) is 1.54. The summed E-state index contributed by atoms with van der Waals surface area (Å²) in [5, 5.41) is 0. The number of hydrogen-bond acceptors (Lipinski definition) is 5. The van der Waals surface area contributed by atoms with Crippen molar-refractivity contribution in [2.75, 3.05) is 12.3 Å². The molecule has 6 heteroatoms. The molecule has 0 fully saturated rings. The van der Waals surface area contributed by atoms with Gasteiger partial charge in [0.2, 0.25) is 5.88 Å². The zero-order valence-corrected chi connectivity index (χ0v) is 12.4. The highest BCUT2D eigenvalue weighted by atomic mass is 79.9. The van der Waals surface area contributed by atoms with Crippen molar-refractivity contribution in [2.24, 2.45) is 0 Å². The molecule has 0 radical (unpaired) electrons. The van der Waals surface area contributed by atoms with Crippen LogP contribution in [0, 0.1) is 0 Å². The Balaban J connectivity index is 2.34. The second-order valence-corrected chi connectivity index (χ2v) is 4.63. The highest BCUT2D eigenvalue weighted by Crippen LogP contribution is 2.34. The van der Waals surface area contributed by atoms with Crippen LogP contribution in [0.2, 0.25) is 0 Å². The van der Waals surface area contributed by atoms with Crippen LogP contribution in [-0.2, 0) is 4.74 Å². The van der Waals surface area contributed by atoms with E-state index in [4.69, 9.17) is 15.2 Å². The van der Waals surface area contributed by atoms with Gasteiger partial charge in [0.25, 0.3) is 0 Å². The maximum Gasteiger partial charge on any atom is 0.343 e. The van der Waals surface area contributed by atoms with Crippen LogP contribution in [0.5, 0.6) is 11.6 Å². The van der Waals surface area contributed by atoms with Gasteiger partial charge in [0.05, 0.1) is 11.1 Å². The molecule has 0 bridgehead atoms. The topological polar surface area (TPSA) is 74.4 Å². The second-order valence-electron chi connectivity index (χ2n) is 3.84. The number of anilines is 1. The average Bonchev–Trinajstić information content (AvgIpc) is 2.45. The molecule has 0 spiro atoms. The van der Waals surface area contributed by atoms with Crippen molar-refractivity contribution < 1.29 is 14.3 Å². The van der Waals surface area contributed by atoms with E-state index in [1.807, 2.05) is 0 Å². The summed E-state index contributed by atoms with van der Waals surface area (Å²) < 4.78 is 11.2. The third-order valence-electron chi connectivity index (χ3n) is 2.47. The molecular formula is C14H13BrN2O3. The van der Waals surface area contributed by atoms with E-state index in [2.05, 4.69) is 20.9 Å². The Kier molecular flexibility index (Phi) is 4.57. The normalized spacial score (nSPS) is 10.1. The van der Waals surface area contributed by atoms with Crippen LogP contribution in [0.3, 0.4) is 0 Å². The van der Waals surface area contributed by atoms with Gasteiger partial charge in [-0.05, 0) is 47.1 Å². The number of nitrogens with zero attached hydrogens (tertiary/aromatic N) is 1. The lowest BCUT2D eigenvalue weighted by atomic mass is 10.2. The van der Waals surface area contributed by atoms with Gasteiger partial charge in [-0.2, -0.15) is 0 Å². The number of pyridine rings is 1. The van der Waals surface area contributed by atoms with Gasteiger partial charge in [0.15, 0.2) is 0 Å². The van der Waals surface area contributed by atoms with Crippen molar-refractivity contribution in [3.8, 4) is 11.6 Å². The molecule has 2 N–H and O–H groups in total. The predicted octanol–water partition coefficient (Wildman–Crippen LogP) is 3.40. The monoisotopic (exact) mass is 336 g/mol. The molecule has 5 nitrogen and oxygen atoms in total. The lowest BCUT2D eigenvalue weighted by molar-refractivity contribution is 0.0522. The van der Waals surface area contributed by atoms with Crippen molar-refractivity contribution in [1.29, 1.82) is 0 Å². The van der Waals surface area contributed by atoms with Gasteiger partial charge in [0.1, 0.15) is 11.3 Å². The molecule has 2 rings (SSSR count). The van der Waals surface area contributed by atoms with E-state index >= 15 is 0 Å². The van der Waals surface area contributed by atoms with Gasteiger partial charge in [-0.1, -0.05) is 6.07 Å². The average molecular weight is 337 g/mol. The molecular weight excluding hydrogens is 324 g/mol. The van der Waals surface area contributed by atoms with Crippen molar-refractivity contribution in [3.63, 3.8) is 0 Å². The number of ether oxygens (including phenoxy) is 2. The molecule has 0 saturated carbocycles. The third-order valence-corrected chi connectivity index (χ3v) is 3.31. The molecule has 0 saturated heterocycles. The van der Waals surface area contributed by atoms with Gasteiger partial charge in [-0.3, -0.25) is 0 Å². The molecule has 104 valence electrons. The fourth-order valence-corrected chi connectivity index (χ4v) is 1.89. The van der Waals surface area contributed by atoms with Crippen LogP contribution in [0.4, 0.5) is 5.69 Å². The number of esters is 1. The quantitative estimate of drug-likeness (QED) is 0.684. The Hall–Kier alpha value is -2.08. The zero-order valence-electron chi connectivity index (χ0n) is 10.8. The number of rotatable bonds is 4.